The van der Waals surface area contributed by atoms with Crippen LogP contribution in [0.25, 0.3) is 0 Å². The van der Waals surface area contributed by atoms with Gasteiger partial charge in [-0.25, -0.2) is 4.39 Å². The molecule has 1 unspecified atom stereocenters. The van der Waals surface area contributed by atoms with Crippen LogP contribution in [0.1, 0.15) is 17.3 Å². The van der Waals surface area contributed by atoms with E-state index in [0.717, 1.165) is 0 Å². The van der Waals surface area contributed by atoms with Crippen molar-refractivity contribution in [2.45, 2.75) is 13.0 Å². The molecule has 0 fully saturated rings. The summed E-state index contributed by atoms with van der Waals surface area (Å²) in [4.78, 5) is 11.8. The lowest BCUT2D eigenvalue weighted by atomic mass is 10.1. The van der Waals surface area contributed by atoms with Crippen molar-refractivity contribution in [2.75, 3.05) is 20.3 Å². The van der Waals surface area contributed by atoms with Crippen molar-refractivity contribution in [3.8, 4) is 0 Å². The smallest absolute Gasteiger partial charge is 0.179 e. The third kappa shape index (κ3) is 3.72. The van der Waals surface area contributed by atoms with E-state index in [4.69, 9.17) is 4.74 Å². The first-order valence-electron chi connectivity index (χ1n) is 5.17. The van der Waals surface area contributed by atoms with Crippen LogP contribution in [-0.4, -0.2) is 32.1 Å². The molecule has 1 N–H and O–H groups in total. The summed E-state index contributed by atoms with van der Waals surface area (Å²) < 4.78 is 17.5. The molecule has 0 spiro atoms. The SMILES string of the molecule is COCCNC(C)C(=O)c1ccc(F)cc1. The Hall–Kier alpha value is -1.26. The van der Waals surface area contributed by atoms with Gasteiger partial charge in [-0.2, -0.15) is 0 Å². The number of ketones is 1. The molecule has 1 rings (SSSR count). The van der Waals surface area contributed by atoms with Gasteiger partial charge in [-0.05, 0) is 31.2 Å². The number of carbonyl (C=O) groups excluding carboxylic acids is 1. The molecule has 4 heteroatoms. The summed E-state index contributed by atoms with van der Waals surface area (Å²) in [5.74, 6) is -0.382. The number of rotatable bonds is 6. The van der Waals surface area contributed by atoms with Gasteiger partial charge in [-0.3, -0.25) is 4.79 Å². The second-order valence-corrected chi connectivity index (χ2v) is 3.54. The van der Waals surface area contributed by atoms with Crippen LogP contribution >= 0.6 is 0 Å². The topological polar surface area (TPSA) is 38.3 Å². The third-order valence-corrected chi connectivity index (χ3v) is 2.28. The first-order chi connectivity index (χ1) is 7.65. The van der Waals surface area contributed by atoms with E-state index in [1.54, 1.807) is 14.0 Å². The number of carbonyl (C=O) groups is 1. The summed E-state index contributed by atoms with van der Waals surface area (Å²) in [6.07, 6.45) is 0. The number of nitrogens with one attached hydrogen (secondary N) is 1. The number of halogens is 1. The fraction of sp³-hybridized carbons (Fsp3) is 0.417. The van der Waals surface area contributed by atoms with E-state index in [2.05, 4.69) is 5.32 Å². The van der Waals surface area contributed by atoms with Crippen LogP contribution < -0.4 is 5.32 Å². The first-order valence-corrected chi connectivity index (χ1v) is 5.17. The molecule has 1 aromatic carbocycles. The number of Topliss-reactive ketones (excluding diaryl/α,β-unsaturated/α-hetero) is 1. The van der Waals surface area contributed by atoms with Crippen molar-refractivity contribution >= 4 is 5.78 Å². The van der Waals surface area contributed by atoms with E-state index in [1.165, 1.54) is 24.3 Å². The maximum Gasteiger partial charge on any atom is 0.179 e. The molecule has 16 heavy (non-hydrogen) atoms. The van der Waals surface area contributed by atoms with Crippen molar-refractivity contribution in [1.82, 2.24) is 5.32 Å². The first kappa shape index (κ1) is 12.8. The summed E-state index contributed by atoms with van der Waals surface area (Å²) in [7, 11) is 1.61. The number of methoxy groups -OCH3 is 1. The zero-order chi connectivity index (χ0) is 12.0. The van der Waals surface area contributed by atoms with E-state index in [0.29, 0.717) is 18.7 Å². The van der Waals surface area contributed by atoms with Gasteiger partial charge in [0, 0.05) is 19.2 Å². The highest BCUT2D eigenvalue weighted by atomic mass is 19.1. The third-order valence-electron chi connectivity index (χ3n) is 2.28. The molecule has 1 aromatic rings. The summed E-state index contributed by atoms with van der Waals surface area (Å²) >= 11 is 0. The molecule has 0 aromatic heterocycles. The van der Waals surface area contributed by atoms with Crippen LogP contribution in [0, 0.1) is 5.82 Å². The molecule has 0 amide bonds. The van der Waals surface area contributed by atoms with Gasteiger partial charge < -0.3 is 10.1 Å². The van der Waals surface area contributed by atoms with Gasteiger partial charge in [0.2, 0.25) is 0 Å². The number of ether oxygens (including phenoxy) is 1. The van der Waals surface area contributed by atoms with Crippen LogP contribution in [0.4, 0.5) is 4.39 Å². The molecule has 0 saturated heterocycles. The van der Waals surface area contributed by atoms with Crippen LogP contribution in [-0.2, 0) is 4.74 Å². The predicted molar refractivity (Wildman–Crippen MR) is 60.1 cm³/mol. The average molecular weight is 225 g/mol. The lowest BCUT2D eigenvalue weighted by molar-refractivity contribution is 0.0945. The number of benzene rings is 1. The standard InChI is InChI=1S/C12H16FNO2/c1-9(14-7-8-16-2)12(15)10-3-5-11(13)6-4-10/h3-6,9,14H,7-8H2,1-2H3. The quantitative estimate of drug-likeness (QED) is 0.590. The van der Waals surface area contributed by atoms with E-state index >= 15 is 0 Å². The van der Waals surface area contributed by atoms with Gasteiger partial charge in [-0.15, -0.1) is 0 Å². The Kier molecular flexibility index (Phi) is 5.08. The van der Waals surface area contributed by atoms with Crippen molar-refractivity contribution in [1.29, 1.82) is 0 Å². The molecule has 88 valence electrons. The van der Waals surface area contributed by atoms with E-state index in [-0.39, 0.29) is 17.6 Å². The zero-order valence-corrected chi connectivity index (χ0v) is 9.50. The van der Waals surface area contributed by atoms with Crippen molar-refractivity contribution in [3.63, 3.8) is 0 Å². The predicted octanol–water partition coefficient (Wildman–Crippen LogP) is 1.63. The van der Waals surface area contributed by atoms with Gasteiger partial charge in [0.1, 0.15) is 5.82 Å². The fourth-order valence-electron chi connectivity index (χ4n) is 1.33. The number of hydrogen-bond donors (Lipinski definition) is 1. The molecule has 0 heterocycles. The molecule has 0 aliphatic carbocycles. The molecule has 0 radical (unpaired) electrons. The van der Waals surface area contributed by atoms with Gasteiger partial charge in [0.05, 0.1) is 12.6 Å². The molecule has 0 aliphatic rings. The van der Waals surface area contributed by atoms with E-state index in [1.807, 2.05) is 0 Å². The normalized spacial score (nSPS) is 12.4. The number of hydrogen-bond acceptors (Lipinski definition) is 3. The Morgan fingerprint density at radius 2 is 2.06 bits per heavy atom. The average Bonchev–Trinajstić information content (AvgIpc) is 2.29. The minimum Gasteiger partial charge on any atom is -0.383 e. The molecule has 0 bridgehead atoms. The van der Waals surface area contributed by atoms with Gasteiger partial charge >= 0.3 is 0 Å². The van der Waals surface area contributed by atoms with Crippen LogP contribution in [0.2, 0.25) is 0 Å². The van der Waals surface area contributed by atoms with Crippen LogP contribution in [0.3, 0.4) is 0 Å². The highest BCUT2D eigenvalue weighted by Gasteiger charge is 2.13. The summed E-state index contributed by atoms with van der Waals surface area (Å²) in [6, 6.07) is 5.27. The Labute approximate surface area is 94.6 Å². The van der Waals surface area contributed by atoms with Gasteiger partial charge in [-0.1, -0.05) is 0 Å². The van der Waals surface area contributed by atoms with Crippen LogP contribution in [0.5, 0.6) is 0 Å². The van der Waals surface area contributed by atoms with Gasteiger partial charge in [0.25, 0.3) is 0 Å². The zero-order valence-electron chi connectivity index (χ0n) is 9.50. The van der Waals surface area contributed by atoms with Crippen molar-refractivity contribution < 1.29 is 13.9 Å². The summed E-state index contributed by atoms with van der Waals surface area (Å²) in [5.41, 5.74) is 0.513. The Morgan fingerprint density at radius 3 is 2.62 bits per heavy atom. The second kappa shape index (κ2) is 6.35. The molecular weight excluding hydrogens is 209 g/mol. The monoisotopic (exact) mass is 225 g/mol. The fourth-order valence-corrected chi connectivity index (χ4v) is 1.33. The minimum atomic E-state index is -0.337. The highest BCUT2D eigenvalue weighted by Crippen LogP contribution is 2.05. The van der Waals surface area contributed by atoms with Crippen molar-refractivity contribution in [3.05, 3.63) is 35.6 Å². The lowest BCUT2D eigenvalue weighted by Gasteiger charge is -2.12. The van der Waals surface area contributed by atoms with E-state index in [9.17, 15) is 9.18 Å². The second-order valence-electron chi connectivity index (χ2n) is 3.54. The van der Waals surface area contributed by atoms with Crippen molar-refractivity contribution in [2.24, 2.45) is 0 Å². The molecule has 3 nitrogen and oxygen atoms in total. The Morgan fingerprint density at radius 1 is 1.44 bits per heavy atom. The molecule has 0 saturated carbocycles. The molecule has 1 atom stereocenters. The largest absolute Gasteiger partial charge is 0.383 e. The van der Waals surface area contributed by atoms with Gasteiger partial charge in [0.15, 0.2) is 5.78 Å². The molecular formula is C12H16FNO2. The van der Waals surface area contributed by atoms with Crippen LogP contribution in [0.15, 0.2) is 24.3 Å². The maximum absolute atomic E-state index is 12.7. The Balaban J connectivity index is 2.53. The maximum atomic E-state index is 12.7. The van der Waals surface area contributed by atoms with E-state index < -0.39 is 0 Å². The summed E-state index contributed by atoms with van der Waals surface area (Å²) in [6.45, 7) is 2.95. The highest BCUT2D eigenvalue weighted by molar-refractivity contribution is 5.99. The lowest BCUT2D eigenvalue weighted by Crippen LogP contribution is -2.36. The molecule has 0 aliphatic heterocycles. The Bertz CT molecular complexity index is 337. The summed E-state index contributed by atoms with van der Waals surface area (Å²) in [5, 5.41) is 3.03. The minimum absolute atomic E-state index is 0.0453.